The Balaban J connectivity index is 2.62. The molecule has 0 aliphatic carbocycles. The molecule has 0 saturated carbocycles. The summed E-state index contributed by atoms with van der Waals surface area (Å²) < 4.78 is 37.1. The summed E-state index contributed by atoms with van der Waals surface area (Å²) in [6.07, 6.45) is 1.15. The van der Waals surface area contributed by atoms with Crippen LogP contribution in [0.3, 0.4) is 0 Å². The lowest BCUT2D eigenvalue weighted by Crippen LogP contribution is -2.37. The van der Waals surface area contributed by atoms with E-state index >= 15 is 0 Å². The van der Waals surface area contributed by atoms with E-state index in [-0.39, 0.29) is 6.61 Å². The van der Waals surface area contributed by atoms with Gasteiger partial charge >= 0.3 is 0 Å². The largest absolute Gasteiger partial charge is 0.497 e. The first kappa shape index (κ1) is 17.9. The van der Waals surface area contributed by atoms with Crippen molar-refractivity contribution >= 4 is 10.0 Å². The third kappa shape index (κ3) is 5.65. The van der Waals surface area contributed by atoms with Gasteiger partial charge in [0.05, 0.1) is 19.0 Å². The molecular formula is C15H25NO4S. The summed E-state index contributed by atoms with van der Waals surface area (Å²) in [6, 6.07) is 5.90. The van der Waals surface area contributed by atoms with Crippen molar-refractivity contribution in [2.75, 3.05) is 27.4 Å². The Hall–Kier alpha value is -1.11. The maximum atomic E-state index is 12.1. The van der Waals surface area contributed by atoms with Gasteiger partial charge in [0, 0.05) is 13.7 Å². The van der Waals surface area contributed by atoms with E-state index < -0.39 is 15.3 Å². The van der Waals surface area contributed by atoms with E-state index in [9.17, 15) is 8.42 Å². The molecule has 1 N–H and O–H groups in total. The number of rotatable bonds is 9. The average molecular weight is 315 g/mol. The molecule has 0 aliphatic rings. The van der Waals surface area contributed by atoms with E-state index in [1.54, 1.807) is 7.11 Å². The van der Waals surface area contributed by atoms with Crippen LogP contribution in [-0.4, -0.2) is 41.0 Å². The molecule has 0 bridgehead atoms. The highest BCUT2D eigenvalue weighted by Crippen LogP contribution is 2.16. The van der Waals surface area contributed by atoms with Gasteiger partial charge in [-0.15, -0.1) is 0 Å². The first-order chi connectivity index (χ1) is 9.92. The van der Waals surface area contributed by atoms with Crippen LogP contribution in [0.15, 0.2) is 18.2 Å². The van der Waals surface area contributed by atoms with Crippen LogP contribution in [0.1, 0.15) is 24.5 Å². The zero-order chi connectivity index (χ0) is 15.9. The molecule has 1 rings (SSSR count). The highest BCUT2D eigenvalue weighted by Gasteiger charge is 2.22. The molecule has 0 amide bonds. The highest BCUT2D eigenvalue weighted by molar-refractivity contribution is 7.90. The maximum Gasteiger partial charge on any atom is 0.216 e. The summed E-state index contributed by atoms with van der Waals surface area (Å²) in [4.78, 5) is 0. The standard InChI is InChI=1S/C15H25NO4S/c1-5-15(11-19-3)21(17,18)16-7-6-13-8-12(2)9-14(10-13)20-4/h8-10,15-16H,5-7,11H2,1-4H3. The molecule has 1 atom stereocenters. The molecular weight excluding hydrogens is 290 g/mol. The quantitative estimate of drug-likeness (QED) is 0.756. The molecule has 1 aromatic carbocycles. The average Bonchev–Trinajstić information content (AvgIpc) is 2.43. The molecule has 0 radical (unpaired) electrons. The van der Waals surface area contributed by atoms with Crippen LogP contribution >= 0.6 is 0 Å². The fourth-order valence-electron chi connectivity index (χ4n) is 2.15. The van der Waals surface area contributed by atoms with Crippen molar-refractivity contribution in [3.63, 3.8) is 0 Å². The Labute approximate surface area is 127 Å². The second-order valence-corrected chi connectivity index (χ2v) is 7.08. The first-order valence-electron chi connectivity index (χ1n) is 7.05. The van der Waals surface area contributed by atoms with Crippen LogP contribution in [0.2, 0.25) is 0 Å². The normalized spacial score (nSPS) is 13.1. The summed E-state index contributed by atoms with van der Waals surface area (Å²) in [7, 11) is -0.203. The second kappa shape index (κ2) is 8.36. The minimum absolute atomic E-state index is 0.212. The summed E-state index contributed by atoms with van der Waals surface area (Å²) in [5.74, 6) is 0.790. The Morgan fingerprint density at radius 3 is 2.52 bits per heavy atom. The third-order valence-corrected chi connectivity index (χ3v) is 5.26. The van der Waals surface area contributed by atoms with Crippen molar-refractivity contribution in [3.8, 4) is 5.75 Å². The number of benzene rings is 1. The molecule has 21 heavy (non-hydrogen) atoms. The number of hydrogen-bond acceptors (Lipinski definition) is 4. The van der Waals surface area contributed by atoms with Gasteiger partial charge < -0.3 is 9.47 Å². The number of sulfonamides is 1. The van der Waals surface area contributed by atoms with Crippen molar-refractivity contribution in [1.82, 2.24) is 4.72 Å². The Morgan fingerprint density at radius 2 is 1.95 bits per heavy atom. The molecule has 1 aromatic rings. The topological polar surface area (TPSA) is 64.6 Å². The van der Waals surface area contributed by atoms with Gasteiger partial charge in [-0.2, -0.15) is 0 Å². The van der Waals surface area contributed by atoms with Gasteiger partial charge in [-0.1, -0.05) is 13.0 Å². The monoisotopic (exact) mass is 315 g/mol. The lowest BCUT2D eigenvalue weighted by atomic mass is 10.1. The van der Waals surface area contributed by atoms with E-state index in [1.807, 2.05) is 32.0 Å². The van der Waals surface area contributed by atoms with Crippen LogP contribution in [0, 0.1) is 6.92 Å². The second-order valence-electron chi connectivity index (χ2n) is 5.03. The van der Waals surface area contributed by atoms with E-state index in [4.69, 9.17) is 9.47 Å². The van der Waals surface area contributed by atoms with E-state index in [0.29, 0.717) is 19.4 Å². The number of aryl methyl sites for hydroxylation is 1. The molecule has 0 aromatic heterocycles. The zero-order valence-electron chi connectivity index (χ0n) is 13.2. The van der Waals surface area contributed by atoms with E-state index in [1.165, 1.54) is 7.11 Å². The maximum absolute atomic E-state index is 12.1. The Kier molecular flexibility index (Phi) is 7.14. The smallest absolute Gasteiger partial charge is 0.216 e. The molecule has 1 unspecified atom stereocenters. The van der Waals surface area contributed by atoms with Gasteiger partial charge in [0.15, 0.2) is 0 Å². The SMILES string of the molecule is CCC(COC)S(=O)(=O)NCCc1cc(C)cc(OC)c1. The summed E-state index contributed by atoms with van der Waals surface area (Å²) in [6.45, 7) is 4.41. The van der Waals surface area contributed by atoms with Crippen molar-refractivity contribution in [1.29, 1.82) is 0 Å². The predicted octanol–water partition coefficient (Wildman–Crippen LogP) is 1.89. The Morgan fingerprint density at radius 1 is 1.24 bits per heavy atom. The van der Waals surface area contributed by atoms with Gasteiger partial charge in [0.2, 0.25) is 10.0 Å². The minimum atomic E-state index is -3.34. The molecule has 0 heterocycles. The number of hydrogen-bond donors (Lipinski definition) is 1. The number of methoxy groups -OCH3 is 2. The van der Waals surface area contributed by atoms with Gasteiger partial charge in [0.1, 0.15) is 5.75 Å². The van der Waals surface area contributed by atoms with Crippen molar-refractivity contribution in [2.45, 2.75) is 31.9 Å². The van der Waals surface area contributed by atoms with Crippen LogP contribution in [0.25, 0.3) is 0 Å². The fraction of sp³-hybridized carbons (Fsp3) is 0.600. The van der Waals surface area contributed by atoms with Gasteiger partial charge in [-0.05, 0) is 43.0 Å². The molecule has 120 valence electrons. The first-order valence-corrected chi connectivity index (χ1v) is 8.59. The van der Waals surface area contributed by atoms with Gasteiger partial charge in [0.25, 0.3) is 0 Å². The van der Waals surface area contributed by atoms with Crippen molar-refractivity contribution < 1.29 is 17.9 Å². The summed E-state index contributed by atoms with van der Waals surface area (Å²) in [5.41, 5.74) is 2.15. The lowest BCUT2D eigenvalue weighted by molar-refractivity contribution is 0.195. The van der Waals surface area contributed by atoms with Crippen LogP contribution < -0.4 is 9.46 Å². The highest BCUT2D eigenvalue weighted by atomic mass is 32.2. The van der Waals surface area contributed by atoms with Crippen LogP contribution in [-0.2, 0) is 21.2 Å². The molecule has 5 nitrogen and oxygen atoms in total. The van der Waals surface area contributed by atoms with E-state index in [0.717, 1.165) is 16.9 Å². The third-order valence-electron chi connectivity index (χ3n) is 3.31. The molecule has 0 fully saturated rings. The zero-order valence-corrected chi connectivity index (χ0v) is 14.0. The van der Waals surface area contributed by atoms with Crippen LogP contribution in [0.4, 0.5) is 0 Å². The predicted molar refractivity (Wildman–Crippen MR) is 84.3 cm³/mol. The Bertz CT molecular complexity index is 543. The number of ether oxygens (including phenoxy) is 2. The molecule has 0 saturated heterocycles. The minimum Gasteiger partial charge on any atom is -0.497 e. The summed E-state index contributed by atoms with van der Waals surface area (Å²) in [5, 5.41) is -0.505. The fourth-order valence-corrected chi connectivity index (χ4v) is 3.53. The van der Waals surface area contributed by atoms with Crippen LogP contribution in [0.5, 0.6) is 5.75 Å². The lowest BCUT2D eigenvalue weighted by Gasteiger charge is -2.16. The van der Waals surface area contributed by atoms with Gasteiger partial charge in [-0.25, -0.2) is 13.1 Å². The molecule has 6 heteroatoms. The molecule has 0 spiro atoms. The molecule has 0 aliphatic heterocycles. The van der Waals surface area contributed by atoms with E-state index in [2.05, 4.69) is 4.72 Å². The van der Waals surface area contributed by atoms with Crippen molar-refractivity contribution in [2.24, 2.45) is 0 Å². The number of nitrogens with one attached hydrogen (secondary N) is 1. The summed E-state index contributed by atoms with van der Waals surface area (Å²) >= 11 is 0. The van der Waals surface area contributed by atoms with Crippen molar-refractivity contribution in [3.05, 3.63) is 29.3 Å². The van der Waals surface area contributed by atoms with Gasteiger partial charge in [-0.3, -0.25) is 0 Å².